The lowest BCUT2D eigenvalue weighted by molar-refractivity contribution is -0.122. The second-order valence-electron chi connectivity index (χ2n) is 5.23. The van der Waals surface area contributed by atoms with E-state index in [1.165, 1.54) is 0 Å². The van der Waals surface area contributed by atoms with E-state index in [9.17, 15) is 4.79 Å². The molecule has 0 aliphatic heterocycles. The summed E-state index contributed by atoms with van der Waals surface area (Å²) in [5, 5.41) is 2.85. The van der Waals surface area contributed by atoms with Crippen molar-refractivity contribution in [1.29, 1.82) is 0 Å². The molecule has 2 rings (SSSR count). The van der Waals surface area contributed by atoms with E-state index < -0.39 is 0 Å². The fraction of sp³-hybridized carbons (Fsp3) is 0.429. The largest absolute Gasteiger partial charge is 0.439 e. The van der Waals surface area contributed by atoms with Crippen molar-refractivity contribution in [3.05, 3.63) is 24.1 Å². The lowest BCUT2D eigenvalue weighted by Gasteiger charge is -2.15. The van der Waals surface area contributed by atoms with Crippen LogP contribution in [0.15, 0.2) is 22.6 Å². The van der Waals surface area contributed by atoms with Crippen molar-refractivity contribution < 1.29 is 9.21 Å². The van der Waals surface area contributed by atoms with Crippen molar-refractivity contribution in [2.45, 2.75) is 26.4 Å². The standard InChI is InChI=1S/C14H20N4O2/c1-9(2)16-13(19)7-18(3)8-14-17-11-5-4-10(15)6-12(11)20-14/h4-6,9H,7-8,15H2,1-3H3,(H,16,19). The number of aromatic nitrogens is 1. The summed E-state index contributed by atoms with van der Waals surface area (Å²) in [5.41, 5.74) is 7.78. The zero-order valence-corrected chi connectivity index (χ0v) is 12.0. The van der Waals surface area contributed by atoms with Gasteiger partial charge in [0, 0.05) is 17.8 Å². The molecule has 2 aromatic rings. The first-order valence-electron chi connectivity index (χ1n) is 6.57. The monoisotopic (exact) mass is 276 g/mol. The summed E-state index contributed by atoms with van der Waals surface area (Å²) >= 11 is 0. The predicted molar refractivity (Wildman–Crippen MR) is 78.0 cm³/mol. The van der Waals surface area contributed by atoms with Gasteiger partial charge in [-0.05, 0) is 33.0 Å². The number of hydrogen-bond donors (Lipinski definition) is 2. The average Bonchev–Trinajstić information content (AvgIpc) is 2.68. The Morgan fingerprint density at radius 1 is 1.50 bits per heavy atom. The van der Waals surface area contributed by atoms with Gasteiger partial charge in [-0.15, -0.1) is 0 Å². The number of hydrogen-bond acceptors (Lipinski definition) is 5. The Morgan fingerprint density at radius 3 is 2.95 bits per heavy atom. The maximum atomic E-state index is 11.7. The van der Waals surface area contributed by atoms with Gasteiger partial charge in [0.05, 0.1) is 13.1 Å². The maximum Gasteiger partial charge on any atom is 0.234 e. The third kappa shape index (κ3) is 3.71. The molecule has 20 heavy (non-hydrogen) atoms. The normalized spacial score (nSPS) is 11.4. The van der Waals surface area contributed by atoms with E-state index in [2.05, 4.69) is 10.3 Å². The molecule has 1 amide bonds. The highest BCUT2D eigenvalue weighted by Crippen LogP contribution is 2.18. The first-order chi connectivity index (χ1) is 9.44. The molecule has 6 nitrogen and oxygen atoms in total. The van der Waals surface area contributed by atoms with Crippen LogP contribution in [0.4, 0.5) is 5.69 Å². The predicted octanol–water partition coefficient (Wildman–Crippen LogP) is 1.37. The molecule has 0 radical (unpaired) electrons. The fourth-order valence-corrected chi connectivity index (χ4v) is 1.96. The summed E-state index contributed by atoms with van der Waals surface area (Å²) in [7, 11) is 1.85. The molecular weight excluding hydrogens is 256 g/mol. The molecule has 0 unspecified atom stereocenters. The van der Waals surface area contributed by atoms with E-state index in [0.717, 1.165) is 5.52 Å². The number of nitrogen functional groups attached to an aromatic ring is 1. The number of amides is 1. The molecule has 1 aromatic carbocycles. The van der Waals surface area contributed by atoms with Gasteiger partial charge >= 0.3 is 0 Å². The summed E-state index contributed by atoms with van der Waals surface area (Å²) in [6.07, 6.45) is 0. The minimum Gasteiger partial charge on any atom is -0.439 e. The lowest BCUT2D eigenvalue weighted by Crippen LogP contribution is -2.38. The molecule has 108 valence electrons. The Balaban J connectivity index is 1.99. The van der Waals surface area contributed by atoms with Gasteiger partial charge in [-0.1, -0.05) is 0 Å². The number of anilines is 1. The van der Waals surface area contributed by atoms with Gasteiger partial charge in [0.25, 0.3) is 0 Å². The topological polar surface area (TPSA) is 84.4 Å². The van der Waals surface area contributed by atoms with Crippen LogP contribution < -0.4 is 11.1 Å². The molecule has 0 bridgehead atoms. The smallest absolute Gasteiger partial charge is 0.234 e. The van der Waals surface area contributed by atoms with Crippen LogP contribution in [0.3, 0.4) is 0 Å². The van der Waals surface area contributed by atoms with Crippen molar-refractivity contribution in [3.8, 4) is 0 Å². The SMILES string of the molecule is CC(C)NC(=O)CN(C)Cc1nc2ccc(N)cc2o1. The van der Waals surface area contributed by atoms with Crippen molar-refractivity contribution in [2.24, 2.45) is 0 Å². The molecule has 3 N–H and O–H groups in total. The number of carbonyl (C=O) groups excluding carboxylic acids is 1. The van der Waals surface area contributed by atoms with E-state index in [4.69, 9.17) is 10.2 Å². The van der Waals surface area contributed by atoms with Crippen molar-refractivity contribution in [3.63, 3.8) is 0 Å². The van der Waals surface area contributed by atoms with Gasteiger partial charge in [-0.3, -0.25) is 9.69 Å². The van der Waals surface area contributed by atoms with Crippen molar-refractivity contribution in [1.82, 2.24) is 15.2 Å². The molecule has 0 saturated carbocycles. The van der Waals surface area contributed by atoms with Crippen LogP contribution in [0.5, 0.6) is 0 Å². The number of rotatable bonds is 5. The summed E-state index contributed by atoms with van der Waals surface area (Å²) in [4.78, 5) is 17.9. The second-order valence-corrected chi connectivity index (χ2v) is 5.23. The first kappa shape index (κ1) is 14.3. The van der Waals surface area contributed by atoms with Gasteiger partial charge < -0.3 is 15.5 Å². The third-order valence-electron chi connectivity index (χ3n) is 2.73. The first-order valence-corrected chi connectivity index (χ1v) is 6.57. The van der Waals surface area contributed by atoms with E-state index in [-0.39, 0.29) is 11.9 Å². The van der Waals surface area contributed by atoms with E-state index >= 15 is 0 Å². The Kier molecular flexibility index (Phi) is 4.24. The minimum atomic E-state index is -0.0112. The zero-order chi connectivity index (χ0) is 14.7. The molecule has 6 heteroatoms. The Hall–Kier alpha value is -2.08. The highest BCUT2D eigenvalue weighted by molar-refractivity contribution is 5.78. The number of nitrogens with one attached hydrogen (secondary N) is 1. The summed E-state index contributed by atoms with van der Waals surface area (Å²) < 4.78 is 5.62. The summed E-state index contributed by atoms with van der Waals surface area (Å²) in [6.45, 7) is 4.64. The Morgan fingerprint density at radius 2 is 2.25 bits per heavy atom. The number of likely N-dealkylation sites (N-methyl/N-ethyl adjacent to an activating group) is 1. The van der Waals surface area contributed by atoms with Gasteiger partial charge in [-0.2, -0.15) is 0 Å². The van der Waals surface area contributed by atoms with Crippen LogP contribution >= 0.6 is 0 Å². The molecule has 0 fully saturated rings. The number of oxazole rings is 1. The summed E-state index contributed by atoms with van der Waals surface area (Å²) in [5.74, 6) is 0.563. The minimum absolute atomic E-state index is 0.0112. The number of nitrogens with zero attached hydrogens (tertiary/aromatic N) is 2. The molecule has 0 aliphatic rings. The van der Waals surface area contributed by atoms with Crippen LogP contribution in [-0.4, -0.2) is 35.4 Å². The lowest BCUT2D eigenvalue weighted by atomic mass is 10.3. The van der Waals surface area contributed by atoms with Gasteiger partial charge in [0.1, 0.15) is 5.52 Å². The highest BCUT2D eigenvalue weighted by atomic mass is 16.3. The summed E-state index contributed by atoms with van der Waals surface area (Å²) in [6, 6.07) is 5.50. The van der Waals surface area contributed by atoms with Crippen molar-refractivity contribution in [2.75, 3.05) is 19.3 Å². The second kappa shape index (κ2) is 5.92. The zero-order valence-electron chi connectivity index (χ0n) is 12.0. The highest BCUT2D eigenvalue weighted by Gasteiger charge is 2.12. The van der Waals surface area contributed by atoms with Crippen molar-refractivity contribution >= 4 is 22.7 Å². The van der Waals surface area contributed by atoms with E-state index in [1.807, 2.05) is 31.9 Å². The molecule has 0 saturated heterocycles. The number of nitrogens with two attached hydrogens (primary N) is 1. The Bertz CT molecular complexity index is 606. The van der Waals surface area contributed by atoms with Crippen LogP contribution in [-0.2, 0) is 11.3 Å². The van der Waals surface area contributed by atoms with E-state index in [0.29, 0.717) is 30.3 Å². The van der Waals surface area contributed by atoms with Crippen LogP contribution in [0, 0.1) is 0 Å². The molecular formula is C14H20N4O2. The fourth-order valence-electron chi connectivity index (χ4n) is 1.96. The molecule has 0 spiro atoms. The van der Waals surface area contributed by atoms with Crippen LogP contribution in [0.25, 0.3) is 11.1 Å². The number of benzene rings is 1. The number of carbonyl (C=O) groups is 1. The number of fused-ring (bicyclic) bond motifs is 1. The molecule has 0 atom stereocenters. The van der Waals surface area contributed by atoms with Crippen LogP contribution in [0.2, 0.25) is 0 Å². The van der Waals surface area contributed by atoms with Gasteiger partial charge in [0.15, 0.2) is 5.58 Å². The molecule has 1 heterocycles. The maximum absolute atomic E-state index is 11.7. The van der Waals surface area contributed by atoms with Gasteiger partial charge in [-0.25, -0.2) is 4.98 Å². The van der Waals surface area contributed by atoms with E-state index in [1.54, 1.807) is 12.1 Å². The quantitative estimate of drug-likeness (QED) is 0.806. The molecule has 0 aliphatic carbocycles. The van der Waals surface area contributed by atoms with Gasteiger partial charge in [0.2, 0.25) is 11.8 Å². The Labute approximate surface area is 117 Å². The average molecular weight is 276 g/mol. The van der Waals surface area contributed by atoms with Crippen LogP contribution in [0.1, 0.15) is 19.7 Å². The molecule has 1 aromatic heterocycles. The third-order valence-corrected chi connectivity index (χ3v) is 2.73.